The van der Waals surface area contributed by atoms with Crippen molar-refractivity contribution in [1.29, 1.82) is 0 Å². The summed E-state index contributed by atoms with van der Waals surface area (Å²) >= 11 is 5.52. The van der Waals surface area contributed by atoms with Crippen LogP contribution >= 0.6 is 39.0 Å². The number of thioether (sulfide) groups is 1. The van der Waals surface area contributed by atoms with E-state index in [0.717, 1.165) is 27.4 Å². The average molecular weight is 557 g/mol. The van der Waals surface area contributed by atoms with Crippen LogP contribution in [0.2, 0.25) is 0 Å². The molecule has 0 radical (unpaired) electrons. The van der Waals surface area contributed by atoms with Crippen LogP contribution in [0.25, 0.3) is 0 Å². The number of amides is 1. The molecule has 0 saturated carbocycles. The van der Waals surface area contributed by atoms with E-state index in [1.54, 1.807) is 42.5 Å². The number of hydrogen-bond donors (Lipinski definition) is 1. The zero-order valence-corrected chi connectivity index (χ0v) is 20.6. The molecule has 0 unspecified atom stereocenters. The molecule has 0 aliphatic carbocycles. The van der Waals surface area contributed by atoms with E-state index in [1.165, 1.54) is 19.2 Å². The molecule has 0 bridgehead atoms. The van der Waals surface area contributed by atoms with E-state index >= 15 is 0 Å². The molecule has 0 spiro atoms. The second-order valence-electron chi connectivity index (χ2n) is 6.09. The average Bonchev–Trinajstić information content (AvgIpc) is 3.23. The van der Waals surface area contributed by atoms with Crippen LogP contribution in [-0.2, 0) is 24.3 Å². The van der Waals surface area contributed by atoms with Crippen molar-refractivity contribution in [3.8, 4) is 0 Å². The highest BCUT2D eigenvalue weighted by molar-refractivity contribution is 9.10. The first-order valence-electron chi connectivity index (χ1n) is 8.96. The lowest BCUT2D eigenvalue weighted by Gasteiger charge is -2.24. The number of nitrogens with zero attached hydrogens (tertiary/aromatic N) is 3. The second-order valence-corrected chi connectivity index (χ2v) is 11.1. The standard InChI is InChI=1S/C19H17BrN4O5S3/c1-29-17(26)12-30-19-23-22-18(31-19)21-16(25)11-24(14-7-5-6-13(20)10-14)32(27,28)15-8-3-2-4-9-15/h2-10H,11-12H2,1H3,(H,21,22,25). The maximum Gasteiger partial charge on any atom is 0.316 e. The van der Waals surface area contributed by atoms with Gasteiger partial charge < -0.3 is 4.74 Å². The molecule has 1 N–H and O–H groups in total. The minimum atomic E-state index is -4.01. The monoisotopic (exact) mass is 556 g/mol. The summed E-state index contributed by atoms with van der Waals surface area (Å²) in [4.78, 5) is 24.0. The maximum atomic E-state index is 13.3. The zero-order valence-electron chi connectivity index (χ0n) is 16.6. The third-order valence-corrected chi connectivity index (χ3v) is 8.14. The number of benzene rings is 2. The third kappa shape index (κ3) is 6.28. The highest BCUT2D eigenvalue weighted by atomic mass is 79.9. The lowest BCUT2D eigenvalue weighted by molar-refractivity contribution is -0.137. The number of rotatable bonds is 9. The number of halogens is 1. The number of methoxy groups -OCH3 is 1. The molecule has 1 amide bonds. The van der Waals surface area contributed by atoms with E-state index < -0.39 is 28.4 Å². The van der Waals surface area contributed by atoms with Crippen LogP contribution in [0.4, 0.5) is 10.8 Å². The van der Waals surface area contributed by atoms with E-state index in [4.69, 9.17) is 0 Å². The van der Waals surface area contributed by atoms with Crippen LogP contribution in [0.15, 0.2) is 68.3 Å². The Bertz CT molecular complexity index is 1200. The van der Waals surface area contributed by atoms with Crippen LogP contribution in [0.5, 0.6) is 0 Å². The molecular formula is C19H17BrN4O5S3. The van der Waals surface area contributed by atoms with Gasteiger partial charge in [-0.2, -0.15) is 0 Å². The number of esters is 1. The summed E-state index contributed by atoms with van der Waals surface area (Å²) in [5.41, 5.74) is 0.324. The number of hydrogen-bond acceptors (Lipinski definition) is 9. The Morgan fingerprint density at radius 2 is 1.91 bits per heavy atom. The van der Waals surface area contributed by atoms with Crippen molar-refractivity contribution in [2.45, 2.75) is 9.24 Å². The van der Waals surface area contributed by atoms with Gasteiger partial charge in [0.1, 0.15) is 6.54 Å². The van der Waals surface area contributed by atoms with Crippen molar-refractivity contribution in [1.82, 2.24) is 10.2 Å². The summed E-state index contributed by atoms with van der Waals surface area (Å²) in [5, 5.41) is 10.5. The van der Waals surface area contributed by atoms with E-state index in [0.29, 0.717) is 14.5 Å². The van der Waals surface area contributed by atoms with Crippen LogP contribution in [0.3, 0.4) is 0 Å². The molecule has 0 fully saturated rings. The normalized spacial score (nSPS) is 11.1. The number of aromatic nitrogens is 2. The molecular weight excluding hydrogens is 540 g/mol. The fourth-order valence-corrected chi connectivity index (χ4v) is 5.88. The Balaban J connectivity index is 1.79. The van der Waals surface area contributed by atoms with Gasteiger partial charge in [-0.25, -0.2) is 8.42 Å². The van der Waals surface area contributed by atoms with Gasteiger partial charge in [0.2, 0.25) is 11.0 Å². The van der Waals surface area contributed by atoms with Crippen molar-refractivity contribution in [2.75, 3.05) is 29.0 Å². The summed E-state index contributed by atoms with van der Waals surface area (Å²) in [6, 6.07) is 14.5. The van der Waals surface area contributed by atoms with Crippen molar-refractivity contribution in [2.24, 2.45) is 0 Å². The molecule has 0 saturated heterocycles. The van der Waals surface area contributed by atoms with Crippen molar-refractivity contribution < 1.29 is 22.7 Å². The van der Waals surface area contributed by atoms with E-state index in [9.17, 15) is 18.0 Å². The molecule has 2 aromatic carbocycles. The van der Waals surface area contributed by atoms with Crippen molar-refractivity contribution >= 4 is 71.7 Å². The minimum Gasteiger partial charge on any atom is -0.468 e. The second kappa shape index (κ2) is 10.9. The molecule has 3 rings (SSSR count). The van der Waals surface area contributed by atoms with E-state index in [1.807, 2.05) is 0 Å². The lowest BCUT2D eigenvalue weighted by atomic mass is 10.3. The number of nitrogens with one attached hydrogen (secondary N) is 1. The number of sulfonamides is 1. The molecule has 0 atom stereocenters. The smallest absolute Gasteiger partial charge is 0.316 e. The van der Waals surface area contributed by atoms with Gasteiger partial charge >= 0.3 is 5.97 Å². The third-order valence-electron chi connectivity index (χ3n) is 3.91. The maximum absolute atomic E-state index is 13.3. The molecule has 1 aromatic heterocycles. The van der Waals surface area contributed by atoms with Gasteiger partial charge in [0.25, 0.3) is 10.0 Å². The highest BCUT2D eigenvalue weighted by Crippen LogP contribution is 2.28. The fourth-order valence-electron chi connectivity index (χ4n) is 2.45. The molecule has 1 heterocycles. The quantitative estimate of drug-likeness (QED) is 0.242. The number of anilines is 2. The fraction of sp³-hybridized carbons (Fsp3) is 0.158. The van der Waals surface area contributed by atoms with Crippen molar-refractivity contribution in [3.63, 3.8) is 0 Å². The number of carbonyl (C=O) groups is 2. The van der Waals surface area contributed by atoms with Crippen LogP contribution in [-0.4, -0.2) is 49.9 Å². The largest absolute Gasteiger partial charge is 0.468 e. The SMILES string of the molecule is COC(=O)CSc1nnc(NC(=O)CN(c2cccc(Br)c2)S(=O)(=O)c2ccccc2)s1. The Kier molecular flexibility index (Phi) is 8.23. The van der Waals surface area contributed by atoms with Gasteiger partial charge in [-0.15, -0.1) is 10.2 Å². The summed E-state index contributed by atoms with van der Waals surface area (Å²) in [7, 11) is -2.72. The summed E-state index contributed by atoms with van der Waals surface area (Å²) in [6.45, 7) is -0.474. The Labute approximate surface area is 201 Å². The first-order valence-corrected chi connectivity index (χ1v) is 13.0. The molecule has 0 aliphatic rings. The number of carbonyl (C=O) groups excluding carboxylic acids is 2. The Morgan fingerprint density at radius 3 is 2.59 bits per heavy atom. The summed E-state index contributed by atoms with van der Waals surface area (Å²) in [5.74, 6) is -0.942. The first-order chi connectivity index (χ1) is 15.3. The summed E-state index contributed by atoms with van der Waals surface area (Å²) < 4.78 is 33.3. The van der Waals surface area contributed by atoms with Crippen molar-refractivity contribution in [3.05, 3.63) is 59.1 Å². The first kappa shape index (κ1) is 24.2. The number of ether oxygens (including phenoxy) is 1. The molecule has 0 aliphatic heterocycles. The van der Waals surface area contributed by atoms with Gasteiger partial charge in [0.15, 0.2) is 4.34 Å². The van der Waals surface area contributed by atoms with Crippen LogP contribution in [0.1, 0.15) is 0 Å². The molecule has 3 aromatic rings. The van der Waals surface area contributed by atoms with Gasteiger partial charge in [-0.05, 0) is 30.3 Å². The van der Waals surface area contributed by atoms with Gasteiger partial charge in [-0.1, -0.05) is 63.3 Å². The van der Waals surface area contributed by atoms with E-state index in [-0.39, 0.29) is 15.8 Å². The van der Waals surface area contributed by atoms with Gasteiger partial charge in [-0.3, -0.25) is 19.2 Å². The molecule has 13 heteroatoms. The predicted octanol–water partition coefficient (Wildman–Crippen LogP) is 3.40. The zero-order chi connectivity index (χ0) is 23.1. The highest BCUT2D eigenvalue weighted by Gasteiger charge is 2.27. The Morgan fingerprint density at radius 1 is 1.16 bits per heavy atom. The topological polar surface area (TPSA) is 119 Å². The lowest BCUT2D eigenvalue weighted by Crippen LogP contribution is -2.38. The van der Waals surface area contributed by atoms with Crippen LogP contribution in [0, 0.1) is 0 Å². The molecule has 9 nitrogen and oxygen atoms in total. The Hall–Kier alpha value is -2.48. The van der Waals surface area contributed by atoms with E-state index in [2.05, 4.69) is 36.2 Å². The van der Waals surface area contributed by atoms with Crippen LogP contribution < -0.4 is 9.62 Å². The molecule has 32 heavy (non-hydrogen) atoms. The van der Waals surface area contributed by atoms with Gasteiger partial charge in [0, 0.05) is 4.47 Å². The van der Waals surface area contributed by atoms with Gasteiger partial charge in [0.05, 0.1) is 23.4 Å². The predicted molar refractivity (Wildman–Crippen MR) is 126 cm³/mol. The molecule has 168 valence electrons. The minimum absolute atomic E-state index is 0.0604. The summed E-state index contributed by atoms with van der Waals surface area (Å²) in [6.07, 6.45) is 0.